The number of benzene rings is 1. The Morgan fingerprint density at radius 2 is 1.82 bits per heavy atom. The molecule has 4 rings (SSSR count). The summed E-state index contributed by atoms with van der Waals surface area (Å²) in [7, 11) is 0. The highest BCUT2D eigenvalue weighted by atomic mass is 16.5. The van der Waals surface area contributed by atoms with Gasteiger partial charge in [-0.15, -0.1) is 0 Å². The van der Waals surface area contributed by atoms with Crippen molar-refractivity contribution in [2.75, 3.05) is 5.73 Å². The molecule has 0 unspecified atom stereocenters. The number of anilines is 1. The number of aliphatic hydroxyl groups is 1. The first kappa shape index (κ1) is 18.4. The molecule has 0 radical (unpaired) electrons. The van der Waals surface area contributed by atoms with Crippen LogP contribution in [0.25, 0.3) is 27.6 Å². The van der Waals surface area contributed by atoms with E-state index in [1.54, 1.807) is 12.4 Å². The van der Waals surface area contributed by atoms with E-state index in [2.05, 4.69) is 21.5 Å². The lowest BCUT2D eigenvalue weighted by Gasteiger charge is -2.25. The standard InChI is InChI=1S/C22H24N4O2/c1-13(2)14-3-5-15(6-4-14)18-11-24-21(23)19-12-25-22(26-20(18)19)28-17-9-7-16(27)8-10-17/h3-6,11-12,16-17,27H,1,7-10H2,2H3,(H2,23,24). The average Bonchev–Trinajstić information content (AvgIpc) is 2.70. The topological polar surface area (TPSA) is 94.2 Å². The van der Waals surface area contributed by atoms with E-state index >= 15 is 0 Å². The lowest BCUT2D eigenvalue weighted by atomic mass is 9.95. The van der Waals surface area contributed by atoms with Gasteiger partial charge in [0.15, 0.2) is 0 Å². The Morgan fingerprint density at radius 1 is 1.11 bits per heavy atom. The number of fused-ring (bicyclic) bond motifs is 1. The largest absolute Gasteiger partial charge is 0.460 e. The van der Waals surface area contributed by atoms with Crippen molar-refractivity contribution in [3.63, 3.8) is 0 Å². The van der Waals surface area contributed by atoms with Gasteiger partial charge in [-0.1, -0.05) is 36.4 Å². The zero-order chi connectivity index (χ0) is 19.7. The molecule has 1 aromatic carbocycles. The maximum Gasteiger partial charge on any atom is 0.317 e. The Hall–Kier alpha value is -2.99. The molecule has 2 aromatic heterocycles. The molecule has 1 fully saturated rings. The van der Waals surface area contributed by atoms with Gasteiger partial charge >= 0.3 is 6.01 Å². The van der Waals surface area contributed by atoms with Crippen molar-refractivity contribution >= 4 is 22.3 Å². The smallest absolute Gasteiger partial charge is 0.317 e. The number of ether oxygens (including phenoxy) is 1. The number of nitrogen functional groups attached to an aromatic ring is 1. The monoisotopic (exact) mass is 376 g/mol. The lowest BCUT2D eigenvalue weighted by Crippen LogP contribution is -2.27. The van der Waals surface area contributed by atoms with Crippen molar-refractivity contribution in [3.05, 3.63) is 48.8 Å². The van der Waals surface area contributed by atoms with E-state index in [1.807, 2.05) is 31.2 Å². The number of pyridine rings is 1. The minimum atomic E-state index is -0.225. The van der Waals surface area contributed by atoms with Crippen LogP contribution in [-0.2, 0) is 0 Å². The minimum absolute atomic E-state index is 0.0262. The van der Waals surface area contributed by atoms with Crippen molar-refractivity contribution in [3.8, 4) is 17.1 Å². The number of rotatable bonds is 4. The van der Waals surface area contributed by atoms with Crippen LogP contribution in [0.15, 0.2) is 43.2 Å². The molecule has 1 aliphatic rings. The Morgan fingerprint density at radius 3 is 2.50 bits per heavy atom. The fourth-order valence-corrected chi connectivity index (χ4v) is 3.54. The molecule has 6 heteroatoms. The van der Waals surface area contributed by atoms with Crippen LogP contribution in [0.4, 0.5) is 5.82 Å². The van der Waals surface area contributed by atoms with Gasteiger partial charge < -0.3 is 15.6 Å². The summed E-state index contributed by atoms with van der Waals surface area (Å²) < 4.78 is 5.99. The van der Waals surface area contributed by atoms with Gasteiger partial charge in [-0.2, -0.15) is 4.98 Å². The average molecular weight is 376 g/mol. The first-order valence-electron chi connectivity index (χ1n) is 9.53. The van der Waals surface area contributed by atoms with Crippen LogP contribution in [0, 0.1) is 0 Å². The Balaban J connectivity index is 1.70. The summed E-state index contributed by atoms with van der Waals surface area (Å²) >= 11 is 0. The highest BCUT2D eigenvalue weighted by Crippen LogP contribution is 2.31. The second kappa shape index (κ2) is 7.56. The van der Waals surface area contributed by atoms with Crippen LogP contribution in [0.2, 0.25) is 0 Å². The summed E-state index contributed by atoms with van der Waals surface area (Å²) in [5.74, 6) is 0.393. The molecule has 0 bridgehead atoms. The number of aliphatic hydroxyl groups excluding tert-OH is 1. The van der Waals surface area contributed by atoms with Crippen LogP contribution < -0.4 is 10.5 Å². The summed E-state index contributed by atoms with van der Waals surface area (Å²) in [6, 6.07) is 8.46. The van der Waals surface area contributed by atoms with Crippen LogP contribution in [-0.4, -0.2) is 32.3 Å². The number of allylic oxidation sites excluding steroid dienone is 1. The summed E-state index contributed by atoms with van der Waals surface area (Å²) in [5, 5.41) is 10.4. The Labute approximate surface area is 164 Å². The fraction of sp³-hybridized carbons (Fsp3) is 0.318. The molecule has 0 aliphatic heterocycles. The number of hydrogen-bond donors (Lipinski definition) is 2. The summed E-state index contributed by atoms with van der Waals surface area (Å²) in [4.78, 5) is 13.3. The summed E-state index contributed by atoms with van der Waals surface area (Å²) in [5.41, 5.74) is 10.7. The van der Waals surface area contributed by atoms with E-state index < -0.39 is 0 Å². The van der Waals surface area contributed by atoms with Crippen LogP contribution in [0.1, 0.15) is 38.2 Å². The van der Waals surface area contributed by atoms with E-state index in [4.69, 9.17) is 10.5 Å². The molecule has 144 valence electrons. The van der Waals surface area contributed by atoms with Gasteiger partial charge in [-0.3, -0.25) is 0 Å². The first-order valence-corrected chi connectivity index (χ1v) is 9.53. The number of hydrogen-bond acceptors (Lipinski definition) is 6. The first-order chi connectivity index (χ1) is 13.5. The van der Waals surface area contributed by atoms with Crippen molar-refractivity contribution in [1.82, 2.24) is 15.0 Å². The van der Waals surface area contributed by atoms with Gasteiger partial charge in [0.05, 0.1) is 17.0 Å². The quantitative estimate of drug-likeness (QED) is 0.715. The van der Waals surface area contributed by atoms with Crippen LogP contribution in [0.5, 0.6) is 6.01 Å². The molecular formula is C22H24N4O2. The maximum atomic E-state index is 9.67. The normalized spacial score (nSPS) is 19.5. The van der Waals surface area contributed by atoms with Crippen LogP contribution >= 0.6 is 0 Å². The van der Waals surface area contributed by atoms with E-state index in [0.717, 1.165) is 53.5 Å². The zero-order valence-electron chi connectivity index (χ0n) is 15.9. The molecule has 0 spiro atoms. The van der Waals surface area contributed by atoms with Crippen molar-refractivity contribution < 1.29 is 9.84 Å². The SMILES string of the molecule is C=C(C)c1ccc(-c2cnc(N)c3cnc(OC4CCC(O)CC4)nc23)cc1. The predicted molar refractivity (Wildman–Crippen MR) is 111 cm³/mol. The van der Waals surface area contributed by atoms with Crippen molar-refractivity contribution in [2.45, 2.75) is 44.8 Å². The molecule has 6 nitrogen and oxygen atoms in total. The summed E-state index contributed by atoms with van der Waals surface area (Å²) in [6.45, 7) is 5.96. The van der Waals surface area contributed by atoms with Gasteiger partial charge in [0.25, 0.3) is 0 Å². The lowest BCUT2D eigenvalue weighted by molar-refractivity contribution is 0.0620. The molecular weight excluding hydrogens is 352 g/mol. The highest BCUT2D eigenvalue weighted by Gasteiger charge is 2.22. The minimum Gasteiger partial charge on any atom is -0.460 e. The molecule has 2 heterocycles. The van der Waals surface area contributed by atoms with E-state index in [1.165, 1.54) is 0 Å². The molecule has 1 saturated carbocycles. The van der Waals surface area contributed by atoms with Crippen molar-refractivity contribution in [2.24, 2.45) is 0 Å². The van der Waals surface area contributed by atoms with Gasteiger partial charge in [0.1, 0.15) is 11.9 Å². The second-order valence-electron chi connectivity index (χ2n) is 7.38. The second-order valence-corrected chi connectivity index (χ2v) is 7.38. The molecule has 0 amide bonds. The zero-order valence-corrected chi connectivity index (χ0v) is 15.9. The van der Waals surface area contributed by atoms with Gasteiger partial charge in [-0.25, -0.2) is 9.97 Å². The predicted octanol–water partition coefficient (Wildman–Crippen LogP) is 3.99. The van der Waals surface area contributed by atoms with E-state index in [9.17, 15) is 5.11 Å². The Kier molecular flexibility index (Phi) is 4.96. The van der Waals surface area contributed by atoms with Gasteiger partial charge in [0, 0.05) is 18.0 Å². The molecule has 0 saturated heterocycles. The summed E-state index contributed by atoms with van der Waals surface area (Å²) in [6.07, 6.45) is 6.30. The van der Waals surface area contributed by atoms with E-state index in [-0.39, 0.29) is 12.2 Å². The van der Waals surface area contributed by atoms with Crippen molar-refractivity contribution in [1.29, 1.82) is 0 Å². The number of aromatic nitrogens is 3. The molecule has 3 aromatic rings. The van der Waals surface area contributed by atoms with Crippen LogP contribution in [0.3, 0.4) is 0 Å². The molecule has 3 N–H and O–H groups in total. The molecule has 0 atom stereocenters. The van der Waals surface area contributed by atoms with Gasteiger partial charge in [-0.05, 0) is 43.7 Å². The fourth-order valence-electron chi connectivity index (χ4n) is 3.54. The number of nitrogens with two attached hydrogens (primary N) is 1. The third-order valence-electron chi connectivity index (χ3n) is 5.23. The third-order valence-corrected chi connectivity index (χ3v) is 5.23. The van der Waals surface area contributed by atoms with Gasteiger partial charge in [0.2, 0.25) is 0 Å². The maximum absolute atomic E-state index is 9.67. The highest BCUT2D eigenvalue weighted by molar-refractivity contribution is 5.98. The Bertz CT molecular complexity index is 1010. The van der Waals surface area contributed by atoms with E-state index in [0.29, 0.717) is 17.2 Å². The molecule has 28 heavy (non-hydrogen) atoms. The molecule has 1 aliphatic carbocycles. The third kappa shape index (κ3) is 3.68. The number of nitrogens with zero attached hydrogens (tertiary/aromatic N) is 3.